The minimum Gasteiger partial charge on any atom is -0.493 e. The summed E-state index contributed by atoms with van der Waals surface area (Å²) in [5, 5.41) is 5.58. The van der Waals surface area contributed by atoms with E-state index in [0.29, 0.717) is 36.0 Å². The van der Waals surface area contributed by atoms with Gasteiger partial charge in [0.25, 0.3) is 0 Å². The van der Waals surface area contributed by atoms with E-state index in [1.807, 2.05) is 30.3 Å². The molecule has 0 aliphatic carbocycles. The second-order valence-electron chi connectivity index (χ2n) is 5.98. The van der Waals surface area contributed by atoms with Gasteiger partial charge in [-0.05, 0) is 24.1 Å². The van der Waals surface area contributed by atoms with Gasteiger partial charge in [0.2, 0.25) is 0 Å². The maximum absolute atomic E-state index is 12.1. The Morgan fingerprint density at radius 3 is 2.36 bits per heavy atom. The molecule has 2 amide bonds. The fraction of sp³-hybridized carbons (Fsp3) is 0.190. The predicted octanol–water partition coefficient (Wildman–Crippen LogP) is 3.53. The summed E-state index contributed by atoms with van der Waals surface area (Å²) >= 11 is 0. The van der Waals surface area contributed by atoms with E-state index < -0.39 is 0 Å². The van der Waals surface area contributed by atoms with Gasteiger partial charge in [0.1, 0.15) is 0 Å². The van der Waals surface area contributed by atoms with Gasteiger partial charge in [-0.2, -0.15) is 0 Å². The van der Waals surface area contributed by atoms with Crippen molar-refractivity contribution in [3.63, 3.8) is 0 Å². The maximum atomic E-state index is 12.1. The molecule has 0 bridgehead atoms. The van der Waals surface area contributed by atoms with Crippen LogP contribution in [0.4, 0.5) is 10.5 Å². The minimum atomic E-state index is -0.297. The molecular weight excluding hydrogens is 356 g/mol. The molecule has 0 aliphatic heterocycles. The molecule has 7 nitrogen and oxygen atoms in total. The van der Waals surface area contributed by atoms with Crippen molar-refractivity contribution in [1.82, 2.24) is 15.3 Å². The van der Waals surface area contributed by atoms with Gasteiger partial charge in [-0.1, -0.05) is 30.3 Å². The Hall–Kier alpha value is -3.61. The highest BCUT2D eigenvalue weighted by molar-refractivity contribution is 5.89. The molecule has 0 fully saturated rings. The topological polar surface area (TPSA) is 85.4 Å². The molecule has 0 aliphatic rings. The molecule has 0 saturated heterocycles. The number of carbonyl (C=O) groups excluding carboxylic acids is 1. The summed E-state index contributed by atoms with van der Waals surface area (Å²) in [6.45, 7) is 0.465. The fourth-order valence-corrected chi connectivity index (χ4v) is 2.63. The quantitative estimate of drug-likeness (QED) is 0.657. The molecule has 3 aromatic rings. The first-order valence-electron chi connectivity index (χ1n) is 8.83. The fourth-order valence-electron chi connectivity index (χ4n) is 2.63. The van der Waals surface area contributed by atoms with E-state index in [-0.39, 0.29) is 6.03 Å². The van der Waals surface area contributed by atoms with Crippen LogP contribution in [-0.4, -0.2) is 36.8 Å². The van der Waals surface area contributed by atoms with Crippen molar-refractivity contribution in [1.29, 1.82) is 0 Å². The number of carbonyl (C=O) groups is 1. The van der Waals surface area contributed by atoms with E-state index in [2.05, 4.69) is 20.6 Å². The number of anilines is 1. The molecule has 2 aromatic carbocycles. The largest absolute Gasteiger partial charge is 0.493 e. The van der Waals surface area contributed by atoms with Crippen LogP contribution in [0.2, 0.25) is 0 Å². The Labute approximate surface area is 163 Å². The monoisotopic (exact) mass is 378 g/mol. The Morgan fingerprint density at radius 1 is 0.964 bits per heavy atom. The summed E-state index contributed by atoms with van der Waals surface area (Å²) in [6, 6.07) is 14.7. The molecule has 144 valence electrons. The van der Waals surface area contributed by atoms with Crippen molar-refractivity contribution in [3.05, 3.63) is 66.5 Å². The van der Waals surface area contributed by atoms with E-state index >= 15 is 0 Å². The maximum Gasteiger partial charge on any atom is 0.319 e. The zero-order valence-electron chi connectivity index (χ0n) is 15.8. The third-order valence-corrected chi connectivity index (χ3v) is 4.08. The number of nitrogens with one attached hydrogen (secondary N) is 2. The summed E-state index contributed by atoms with van der Waals surface area (Å²) in [5.74, 6) is 1.84. The summed E-state index contributed by atoms with van der Waals surface area (Å²) in [7, 11) is 3.11. The normalized spacial score (nSPS) is 10.2. The van der Waals surface area contributed by atoms with E-state index in [1.165, 1.54) is 0 Å². The minimum absolute atomic E-state index is 0.297. The zero-order chi connectivity index (χ0) is 19.8. The molecule has 0 unspecified atom stereocenters. The molecule has 3 rings (SSSR count). The van der Waals surface area contributed by atoms with Crippen molar-refractivity contribution in [2.24, 2.45) is 0 Å². The highest BCUT2D eigenvalue weighted by atomic mass is 16.5. The third kappa shape index (κ3) is 4.97. The summed E-state index contributed by atoms with van der Waals surface area (Å²) in [5.41, 5.74) is 2.54. The molecule has 0 radical (unpaired) electrons. The van der Waals surface area contributed by atoms with Crippen LogP contribution in [0.15, 0.2) is 60.9 Å². The molecule has 1 heterocycles. The number of amides is 2. The number of rotatable bonds is 7. The summed E-state index contributed by atoms with van der Waals surface area (Å²) < 4.78 is 10.4. The van der Waals surface area contributed by atoms with Crippen LogP contribution < -0.4 is 20.1 Å². The van der Waals surface area contributed by atoms with Gasteiger partial charge in [-0.15, -0.1) is 0 Å². The highest BCUT2D eigenvalue weighted by Crippen LogP contribution is 2.29. The van der Waals surface area contributed by atoms with E-state index in [4.69, 9.17) is 9.47 Å². The van der Waals surface area contributed by atoms with Crippen molar-refractivity contribution >= 4 is 11.7 Å². The first kappa shape index (κ1) is 19.2. The second kappa shape index (κ2) is 9.36. The van der Waals surface area contributed by atoms with E-state index in [9.17, 15) is 4.79 Å². The molecule has 1 aromatic heterocycles. The lowest BCUT2D eigenvalue weighted by molar-refractivity contribution is 0.252. The molecule has 2 N–H and O–H groups in total. The van der Waals surface area contributed by atoms with Crippen molar-refractivity contribution in [3.8, 4) is 22.9 Å². The zero-order valence-corrected chi connectivity index (χ0v) is 15.8. The number of urea groups is 1. The number of ether oxygens (including phenoxy) is 2. The SMILES string of the molecule is COc1ccc(NC(=O)NCCc2cnc(-c3ccccc3)nc2)cc1OC. The molecule has 7 heteroatoms. The Bertz CT molecular complexity index is 915. The first-order valence-corrected chi connectivity index (χ1v) is 8.83. The van der Waals surface area contributed by atoms with Crippen LogP contribution >= 0.6 is 0 Å². The average Bonchev–Trinajstić information content (AvgIpc) is 2.74. The van der Waals surface area contributed by atoms with Gasteiger partial charge < -0.3 is 20.1 Å². The van der Waals surface area contributed by atoms with Crippen LogP contribution in [-0.2, 0) is 6.42 Å². The number of nitrogens with zero attached hydrogens (tertiary/aromatic N) is 2. The van der Waals surface area contributed by atoms with Gasteiger partial charge in [-0.25, -0.2) is 14.8 Å². The van der Waals surface area contributed by atoms with Crippen LogP contribution in [0.3, 0.4) is 0 Å². The van der Waals surface area contributed by atoms with Gasteiger partial charge in [-0.3, -0.25) is 0 Å². The molecule has 28 heavy (non-hydrogen) atoms. The Morgan fingerprint density at radius 2 is 1.68 bits per heavy atom. The number of hydrogen-bond donors (Lipinski definition) is 2. The van der Waals surface area contributed by atoms with Crippen LogP contribution in [0, 0.1) is 0 Å². The van der Waals surface area contributed by atoms with Crippen LogP contribution in [0.25, 0.3) is 11.4 Å². The number of hydrogen-bond acceptors (Lipinski definition) is 5. The lowest BCUT2D eigenvalue weighted by Gasteiger charge is -2.11. The molecule has 0 atom stereocenters. The van der Waals surface area contributed by atoms with Crippen molar-refractivity contribution in [2.75, 3.05) is 26.1 Å². The average molecular weight is 378 g/mol. The summed E-state index contributed by atoms with van der Waals surface area (Å²) in [6.07, 6.45) is 4.20. The van der Waals surface area contributed by atoms with E-state index in [0.717, 1.165) is 11.1 Å². The molecule has 0 saturated carbocycles. The van der Waals surface area contributed by atoms with E-state index in [1.54, 1.807) is 44.8 Å². The van der Waals surface area contributed by atoms with Gasteiger partial charge in [0, 0.05) is 36.3 Å². The number of methoxy groups -OCH3 is 2. The van der Waals surface area contributed by atoms with Gasteiger partial charge in [0.15, 0.2) is 17.3 Å². The molecule has 0 spiro atoms. The van der Waals surface area contributed by atoms with Crippen molar-refractivity contribution in [2.45, 2.75) is 6.42 Å². The van der Waals surface area contributed by atoms with Crippen LogP contribution in [0.5, 0.6) is 11.5 Å². The third-order valence-electron chi connectivity index (χ3n) is 4.08. The lowest BCUT2D eigenvalue weighted by Crippen LogP contribution is -2.30. The van der Waals surface area contributed by atoms with Crippen molar-refractivity contribution < 1.29 is 14.3 Å². The standard InChI is InChI=1S/C21H22N4O3/c1-27-18-9-8-17(12-19(18)28-2)25-21(26)22-11-10-15-13-23-20(24-14-15)16-6-4-3-5-7-16/h3-9,12-14H,10-11H2,1-2H3,(H2,22,25,26). The highest BCUT2D eigenvalue weighted by Gasteiger charge is 2.07. The first-order chi connectivity index (χ1) is 13.7. The van der Waals surface area contributed by atoms with Crippen LogP contribution in [0.1, 0.15) is 5.56 Å². The summed E-state index contributed by atoms with van der Waals surface area (Å²) in [4.78, 5) is 20.8. The smallest absolute Gasteiger partial charge is 0.319 e. The predicted molar refractivity (Wildman–Crippen MR) is 108 cm³/mol. The lowest BCUT2D eigenvalue weighted by atomic mass is 10.2. The van der Waals surface area contributed by atoms with Gasteiger partial charge >= 0.3 is 6.03 Å². The Kier molecular flexibility index (Phi) is 6.41. The number of aromatic nitrogens is 2. The second-order valence-corrected chi connectivity index (χ2v) is 5.98. The number of benzene rings is 2. The molecular formula is C21H22N4O3. The van der Waals surface area contributed by atoms with Gasteiger partial charge in [0.05, 0.1) is 14.2 Å². The Balaban J connectivity index is 1.49.